The number of ether oxygens (including phenoxy) is 1. The molecule has 0 spiro atoms. The molecule has 1 aromatic rings. The lowest BCUT2D eigenvalue weighted by molar-refractivity contribution is -0.0261. The van der Waals surface area contributed by atoms with E-state index < -0.39 is 0 Å². The molecule has 24 heavy (non-hydrogen) atoms. The molecule has 0 aromatic heterocycles. The van der Waals surface area contributed by atoms with Crippen molar-refractivity contribution in [1.29, 1.82) is 0 Å². The van der Waals surface area contributed by atoms with Crippen LogP contribution in [-0.2, 0) is 4.74 Å². The second-order valence-corrected chi connectivity index (χ2v) is 7.16. The Balaban J connectivity index is 1.97. The van der Waals surface area contributed by atoms with Gasteiger partial charge in [0, 0.05) is 32.2 Å². The second kappa shape index (κ2) is 7.99. The lowest BCUT2D eigenvalue weighted by Gasteiger charge is -2.38. The molecule has 1 heterocycles. The number of nitrogens with zero attached hydrogens (tertiary/aromatic N) is 1. The van der Waals surface area contributed by atoms with Crippen molar-refractivity contribution in [2.24, 2.45) is 5.41 Å². The number of carbonyl (C=O) groups is 1. The molecule has 0 radical (unpaired) electrons. The molecule has 134 valence electrons. The predicted molar refractivity (Wildman–Crippen MR) is 95.1 cm³/mol. The van der Waals surface area contributed by atoms with Crippen LogP contribution in [0.4, 0.5) is 4.79 Å². The Morgan fingerprint density at radius 2 is 2.04 bits per heavy atom. The van der Waals surface area contributed by atoms with E-state index >= 15 is 0 Å². The predicted octanol–water partition coefficient (Wildman–Crippen LogP) is 2.79. The van der Waals surface area contributed by atoms with Crippen molar-refractivity contribution in [3.63, 3.8) is 0 Å². The molecular formula is C19H30N2O3. The van der Waals surface area contributed by atoms with Crippen molar-refractivity contribution in [3.8, 4) is 0 Å². The molecule has 1 atom stereocenters. The SMILES string of the molecule is Cc1ccc([C@@H](C)NC(=O)N(C)CC2(CO)CCOCC2)c(C)c1. The number of amides is 2. The van der Waals surface area contributed by atoms with Gasteiger partial charge < -0.3 is 20.1 Å². The third-order valence-electron chi connectivity index (χ3n) is 5.04. The van der Waals surface area contributed by atoms with Crippen molar-refractivity contribution in [2.45, 2.75) is 39.7 Å². The first-order valence-corrected chi connectivity index (χ1v) is 8.64. The second-order valence-electron chi connectivity index (χ2n) is 7.16. The molecule has 2 N–H and O–H groups in total. The third kappa shape index (κ3) is 4.48. The number of carbonyl (C=O) groups excluding carboxylic acids is 1. The Hall–Kier alpha value is -1.59. The fraction of sp³-hybridized carbons (Fsp3) is 0.632. The number of urea groups is 1. The van der Waals surface area contributed by atoms with Crippen LogP contribution in [0.15, 0.2) is 18.2 Å². The average molecular weight is 334 g/mol. The Labute approximate surface area is 145 Å². The quantitative estimate of drug-likeness (QED) is 0.870. The van der Waals surface area contributed by atoms with Gasteiger partial charge in [-0.1, -0.05) is 23.8 Å². The Bertz CT molecular complexity index is 568. The van der Waals surface area contributed by atoms with Crippen LogP contribution in [0.1, 0.15) is 42.5 Å². The monoisotopic (exact) mass is 334 g/mol. The van der Waals surface area contributed by atoms with Crippen molar-refractivity contribution in [1.82, 2.24) is 10.2 Å². The number of aliphatic hydroxyl groups is 1. The van der Waals surface area contributed by atoms with Crippen LogP contribution in [0.25, 0.3) is 0 Å². The third-order valence-corrected chi connectivity index (χ3v) is 5.04. The van der Waals surface area contributed by atoms with E-state index in [2.05, 4.69) is 37.4 Å². The maximum absolute atomic E-state index is 12.5. The molecule has 5 heteroatoms. The van der Waals surface area contributed by atoms with Gasteiger partial charge in [0.15, 0.2) is 0 Å². The van der Waals surface area contributed by atoms with Crippen molar-refractivity contribution >= 4 is 6.03 Å². The highest BCUT2D eigenvalue weighted by Gasteiger charge is 2.34. The van der Waals surface area contributed by atoms with Crippen LogP contribution in [0.2, 0.25) is 0 Å². The molecular weight excluding hydrogens is 304 g/mol. The van der Waals surface area contributed by atoms with E-state index in [1.54, 1.807) is 11.9 Å². The standard InChI is InChI=1S/C19H30N2O3/c1-14-5-6-17(15(2)11-14)16(3)20-18(23)21(4)12-19(13-22)7-9-24-10-8-19/h5-6,11,16,22H,7-10,12-13H2,1-4H3,(H,20,23)/t16-/m1/s1. The first kappa shape index (κ1) is 18.7. The minimum absolute atomic E-state index is 0.0553. The summed E-state index contributed by atoms with van der Waals surface area (Å²) in [5.41, 5.74) is 3.29. The van der Waals surface area contributed by atoms with Crippen LogP contribution < -0.4 is 5.32 Å². The van der Waals surface area contributed by atoms with Gasteiger partial charge in [0.2, 0.25) is 0 Å². The van der Waals surface area contributed by atoms with E-state index in [0.717, 1.165) is 18.4 Å². The molecule has 5 nitrogen and oxygen atoms in total. The Morgan fingerprint density at radius 1 is 1.38 bits per heavy atom. The summed E-state index contributed by atoms with van der Waals surface area (Å²) >= 11 is 0. The zero-order chi connectivity index (χ0) is 17.7. The number of rotatable bonds is 5. The van der Waals surface area contributed by atoms with Gasteiger partial charge in [-0.25, -0.2) is 4.79 Å². The van der Waals surface area contributed by atoms with Crippen LogP contribution in [0.3, 0.4) is 0 Å². The molecule has 0 bridgehead atoms. The van der Waals surface area contributed by atoms with Gasteiger partial charge in [-0.05, 0) is 44.7 Å². The molecule has 0 aliphatic carbocycles. The zero-order valence-corrected chi connectivity index (χ0v) is 15.3. The first-order chi connectivity index (χ1) is 11.4. The minimum atomic E-state index is -0.243. The average Bonchev–Trinajstić information content (AvgIpc) is 2.55. The highest BCUT2D eigenvalue weighted by Crippen LogP contribution is 2.30. The molecule has 1 aliphatic heterocycles. The molecule has 0 unspecified atom stereocenters. The smallest absolute Gasteiger partial charge is 0.317 e. The highest BCUT2D eigenvalue weighted by molar-refractivity contribution is 5.74. The lowest BCUT2D eigenvalue weighted by atomic mass is 9.80. The Kier molecular flexibility index (Phi) is 6.24. The zero-order valence-electron chi connectivity index (χ0n) is 15.3. The summed E-state index contributed by atoms with van der Waals surface area (Å²) < 4.78 is 5.38. The van der Waals surface area contributed by atoms with Gasteiger partial charge >= 0.3 is 6.03 Å². The topological polar surface area (TPSA) is 61.8 Å². The van der Waals surface area contributed by atoms with Crippen LogP contribution in [0, 0.1) is 19.3 Å². The molecule has 1 aliphatic rings. The van der Waals surface area contributed by atoms with Gasteiger partial charge in [0.25, 0.3) is 0 Å². The molecule has 1 aromatic carbocycles. The maximum atomic E-state index is 12.5. The van der Waals surface area contributed by atoms with Crippen LogP contribution >= 0.6 is 0 Å². The van der Waals surface area contributed by atoms with Gasteiger partial charge in [-0.3, -0.25) is 0 Å². The lowest BCUT2D eigenvalue weighted by Crippen LogP contribution is -2.48. The summed E-state index contributed by atoms with van der Waals surface area (Å²) in [6, 6.07) is 6.10. The largest absolute Gasteiger partial charge is 0.396 e. The normalized spacial score (nSPS) is 18.0. The summed E-state index contributed by atoms with van der Waals surface area (Å²) in [6.45, 7) is 8.05. The molecule has 1 saturated heterocycles. The van der Waals surface area contributed by atoms with Crippen molar-refractivity contribution in [3.05, 3.63) is 34.9 Å². The molecule has 1 fully saturated rings. The highest BCUT2D eigenvalue weighted by atomic mass is 16.5. The van der Waals surface area contributed by atoms with Crippen LogP contribution in [0.5, 0.6) is 0 Å². The number of aliphatic hydroxyl groups excluding tert-OH is 1. The minimum Gasteiger partial charge on any atom is -0.396 e. The number of aryl methyl sites for hydroxylation is 2. The molecule has 0 saturated carbocycles. The molecule has 2 amide bonds. The van der Waals surface area contributed by atoms with Crippen molar-refractivity contribution < 1.29 is 14.6 Å². The van der Waals surface area contributed by atoms with E-state index in [4.69, 9.17) is 4.74 Å². The van der Waals surface area contributed by atoms with E-state index in [1.165, 1.54) is 11.1 Å². The van der Waals surface area contributed by atoms with E-state index in [-0.39, 0.29) is 24.1 Å². The van der Waals surface area contributed by atoms with Crippen LogP contribution in [-0.4, -0.2) is 49.5 Å². The summed E-state index contributed by atoms with van der Waals surface area (Å²) in [4.78, 5) is 14.2. The fourth-order valence-electron chi connectivity index (χ4n) is 3.43. The number of nitrogens with one attached hydrogen (secondary N) is 1. The number of hydrogen-bond acceptors (Lipinski definition) is 3. The molecule has 2 rings (SSSR count). The van der Waals surface area contributed by atoms with Gasteiger partial charge in [-0.2, -0.15) is 0 Å². The van der Waals surface area contributed by atoms with E-state index in [1.807, 2.05) is 6.92 Å². The summed E-state index contributed by atoms with van der Waals surface area (Å²) in [6.07, 6.45) is 1.57. The van der Waals surface area contributed by atoms with Crippen molar-refractivity contribution in [2.75, 3.05) is 33.4 Å². The maximum Gasteiger partial charge on any atom is 0.317 e. The van der Waals surface area contributed by atoms with Gasteiger partial charge in [0.1, 0.15) is 0 Å². The summed E-state index contributed by atoms with van der Waals surface area (Å²) in [7, 11) is 1.79. The first-order valence-electron chi connectivity index (χ1n) is 8.64. The number of hydrogen-bond donors (Lipinski definition) is 2. The van der Waals surface area contributed by atoms with E-state index in [0.29, 0.717) is 19.8 Å². The fourth-order valence-corrected chi connectivity index (χ4v) is 3.43. The van der Waals surface area contributed by atoms with Gasteiger partial charge in [-0.15, -0.1) is 0 Å². The summed E-state index contributed by atoms with van der Waals surface area (Å²) in [5.74, 6) is 0. The number of benzene rings is 1. The van der Waals surface area contributed by atoms with E-state index in [9.17, 15) is 9.90 Å². The summed E-state index contributed by atoms with van der Waals surface area (Å²) in [5, 5.41) is 12.8. The Morgan fingerprint density at radius 3 is 2.62 bits per heavy atom. The van der Waals surface area contributed by atoms with Gasteiger partial charge in [0.05, 0.1) is 12.6 Å².